The number of esters is 1. The van der Waals surface area contributed by atoms with E-state index in [4.69, 9.17) is 4.74 Å². The smallest absolute Gasteiger partial charge is 0.319 e. The lowest BCUT2D eigenvalue weighted by Gasteiger charge is -2.19. The predicted molar refractivity (Wildman–Crippen MR) is 62.6 cm³/mol. The molecule has 0 heterocycles. The van der Waals surface area contributed by atoms with E-state index in [0.717, 1.165) is 6.42 Å². The molecule has 0 radical (unpaired) electrons. The van der Waals surface area contributed by atoms with Crippen LogP contribution in [0.1, 0.15) is 41.0 Å². The van der Waals surface area contributed by atoms with Crippen LogP contribution in [0.4, 0.5) is 0 Å². The zero-order valence-electron chi connectivity index (χ0n) is 9.83. The Morgan fingerprint density at radius 1 is 1.36 bits per heavy atom. The van der Waals surface area contributed by atoms with Crippen molar-refractivity contribution in [1.29, 1.82) is 0 Å². The summed E-state index contributed by atoms with van der Waals surface area (Å²) in [6.07, 6.45) is 0.886. The molecule has 0 aliphatic heterocycles. The summed E-state index contributed by atoms with van der Waals surface area (Å²) < 4.78 is 5.13. The molecule has 0 spiro atoms. The monoisotopic (exact) mass is 218 g/mol. The van der Waals surface area contributed by atoms with Crippen molar-refractivity contribution in [3.8, 4) is 0 Å². The van der Waals surface area contributed by atoms with Crippen LogP contribution in [0.5, 0.6) is 0 Å². The standard InChI is InChI=1S/C11H22O2S/c1-8(2)9(14)10(12)13-7-6-11(3,4)5/h8-9,14H,6-7H2,1-5H3. The molecule has 0 saturated carbocycles. The molecule has 0 aromatic heterocycles. The third-order valence-corrected chi connectivity index (χ3v) is 2.78. The molecule has 1 unspecified atom stereocenters. The second-order valence-corrected chi connectivity index (χ2v) is 5.72. The van der Waals surface area contributed by atoms with E-state index in [2.05, 4.69) is 33.4 Å². The van der Waals surface area contributed by atoms with Gasteiger partial charge in [-0.25, -0.2) is 0 Å². The van der Waals surface area contributed by atoms with E-state index in [1.54, 1.807) is 0 Å². The van der Waals surface area contributed by atoms with Gasteiger partial charge in [0.2, 0.25) is 0 Å². The SMILES string of the molecule is CC(C)C(S)C(=O)OCCC(C)(C)C. The molecule has 0 aromatic rings. The number of hydrogen-bond acceptors (Lipinski definition) is 3. The zero-order chi connectivity index (χ0) is 11.4. The van der Waals surface area contributed by atoms with Crippen molar-refractivity contribution in [2.45, 2.75) is 46.3 Å². The summed E-state index contributed by atoms with van der Waals surface area (Å²) in [6.45, 7) is 10.8. The largest absolute Gasteiger partial charge is 0.465 e. The van der Waals surface area contributed by atoms with E-state index >= 15 is 0 Å². The van der Waals surface area contributed by atoms with Crippen molar-refractivity contribution in [2.75, 3.05) is 6.61 Å². The van der Waals surface area contributed by atoms with Gasteiger partial charge in [0.05, 0.1) is 6.61 Å². The summed E-state index contributed by atoms with van der Waals surface area (Å²) >= 11 is 4.19. The van der Waals surface area contributed by atoms with E-state index in [-0.39, 0.29) is 22.6 Å². The van der Waals surface area contributed by atoms with Crippen LogP contribution >= 0.6 is 12.6 Å². The van der Waals surface area contributed by atoms with Gasteiger partial charge < -0.3 is 4.74 Å². The molecule has 0 rings (SSSR count). The fourth-order valence-corrected chi connectivity index (χ4v) is 0.890. The second-order valence-electron chi connectivity index (χ2n) is 5.17. The first-order valence-corrected chi connectivity index (χ1v) is 5.60. The molecular formula is C11H22O2S. The molecule has 0 N–H and O–H groups in total. The summed E-state index contributed by atoms with van der Waals surface area (Å²) in [5.41, 5.74) is 0.213. The maximum absolute atomic E-state index is 11.4. The average molecular weight is 218 g/mol. The molecule has 3 heteroatoms. The van der Waals surface area contributed by atoms with Crippen LogP contribution in [0, 0.1) is 11.3 Å². The molecule has 1 atom stereocenters. The molecule has 84 valence electrons. The van der Waals surface area contributed by atoms with E-state index in [1.165, 1.54) is 0 Å². The van der Waals surface area contributed by atoms with Crippen molar-refractivity contribution in [3.63, 3.8) is 0 Å². The van der Waals surface area contributed by atoms with E-state index in [9.17, 15) is 4.79 Å². The lowest BCUT2D eigenvalue weighted by atomic mass is 9.93. The minimum atomic E-state index is -0.296. The molecule has 0 aromatic carbocycles. The lowest BCUT2D eigenvalue weighted by Crippen LogP contribution is -2.24. The first kappa shape index (κ1) is 13.8. The van der Waals surface area contributed by atoms with Crippen LogP contribution in [0.25, 0.3) is 0 Å². The molecule has 2 nitrogen and oxygen atoms in total. The van der Waals surface area contributed by atoms with Crippen molar-refractivity contribution in [3.05, 3.63) is 0 Å². The molecule has 14 heavy (non-hydrogen) atoms. The Bertz CT molecular complexity index is 182. The molecule has 0 bridgehead atoms. The minimum Gasteiger partial charge on any atom is -0.465 e. The first-order chi connectivity index (χ1) is 6.24. The van der Waals surface area contributed by atoms with Crippen LogP contribution in [-0.2, 0) is 9.53 Å². The van der Waals surface area contributed by atoms with Crippen molar-refractivity contribution in [2.24, 2.45) is 11.3 Å². The van der Waals surface area contributed by atoms with Gasteiger partial charge in [-0.05, 0) is 17.8 Å². The van der Waals surface area contributed by atoms with Crippen LogP contribution in [0.3, 0.4) is 0 Å². The highest BCUT2D eigenvalue weighted by atomic mass is 32.1. The maximum Gasteiger partial charge on any atom is 0.319 e. The Morgan fingerprint density at radius 2 is 1.86 bits per heavy atom. The lowest BCUT2D eigenvalue weighted by molar-refractivity contribution is -0.144. The maximum atomic E-state index is 11.4. The zero-order valence-corrected chi connectivity index (χ0v) is 10.7. The number of carbonyl (C=O) groups excluding carboxylic acids is 1. The summed E-state index contributed by atoms with van der Waals surface area (Å²) in [5, 5.41) is -0.296. The number of thiol groups is 1. The Labute approximate surface area is 92.8 Å². The van der Waals surface area contributed by atoms with Gasteiger partial charge in [-0.2, -0.15) is 12.6 Å². The molecule has 0 amide bonds. The Morgan fingerprint density at radius 3 is 2.21 bits per heavy atom. The molecule has 0 aliphatic carbocycles. The number of carbonyl (C=O) groups is 1. The topological polar surface area (TPSA) is 26.3 Å². The third-order valence-electron chi connectivity index (χ3n) is 1.97. The second kappa shape index (κ2) is 5.64. The van der Waals surface area contributed by atoms with Gasteiger partial charge >= 0.3 is 5.97 Å². The normalized spacial score (nSPS) is 14.2. The van der Waals surface area contributed by atoms with Crippen molar-refractivity contribution >= 4 is 18.6 Å². The first-order valence-electron chi connectivity index (χ1n) is 5.09. The summed E-state index contributed by atoms with van der Waals surface area (Å²) in [7, 11) is 0. The highest BCUT2D eigenvalue weighted by Gasteiger charge is 2.20. The third kappa shape index (κ3) is 6.30. The van der Waals surface area contributed by atoms with Crippen LogP contribution in [0.15, 0.2) is 0 Å². The number of ether oxygens (including phenoxy) is 1. The highest BCUT2D eigenvalue weighted by molar-refractivity contribution is 7.81. The molecule has 0 saturated heterocycles. The van der Waals surface area contributed by atoms with Crippen molar-refractivity contribution < 1.29 is 9.53 Å². The number of rotatable bonds is 4. The molecular weight excluding hydrogens is 196 g/mol. The van der Waals surface area contributed by atoms with E-state index < -0.39 is 0 Å². The van der Waals surface area contributed by atoms with Gasteiger partial charge in [0, 0.05) is 0 Å². The predicted octanol–water partition coefficient (Wildman–Crippen LogP) is 2.92. The van der Waals surface area contributed by atoms with Gasteiger partial charge in [0.15, 0.2) is 0 Å². The van der Waals surface area contributed by atoms with Crippen LogP contribution in [-0.4, -0.2) is 17.8 Å². The van der Waals surface area contributed by atoms with Gasteiger partial charge in [0.25, 0.3) is 0 Å². The highest BCUT2D eigenvalue weighted by Crippen LogP contribution is 2.18. The fraction of sp³-hybridized carbons (Fsp3) is 0.909. The Balaban J connectivity index is 3.75. The van der Waals surface area contributed by atoms with Gasteiger partial charge in [-0.3, -0.25) is 4.79 Å². The Kier molecular flexibility index (Phi) is 5.57. The summed E-state index contributed by atoms with van der Waals surface area (Å²) in [4.78, 5) is 11.4. The van der Waals surface area contributed by atoms with E-state index in [0.29, 0.717) is 6.61 Å². The van der Waals surface area contributed by atoms with Gasteiger partial charge in [-0.15, -0.1) is 0 Å². The minimum absolute atomic E-state index is 0.201. The van der Waals surface area contributed by atoms with Crippen molar-refractivity contribution in [1.82, 2.24) is 0 Å². The Hall–Kier alpha value is -0.180. The summed E-state index contributed by atoms with van der Waals surface area (Å²) in [5.74, 6) is 0.0213. The van der Waals surface area contributed by atoms with Crippen LogP contribution in [0.2, 0.25) is 0 Å². The average Bonchev–Trinajstić information content (AvgIpc) is 2.00. The summed E-state index contributed by atoms with van der Waals surface area (Å²) in [6, 6.07) is 0. The number of hydrogen-bond donors (Lipinski definition) is 1. The van der Waals surface area contributed by atoms with Crippen LogP contribution < -0.4 is 0 Å². The molecule has 0 aliphatic rings. The fourth-order valence-electron chi connectivity index (χ4n) is 0.815. The quantitative estimate of drug-likeness (QED) is 0.580. The van der Waals surface area contributed by atoms with Gasteiger partial charge in [0.1, 0.15) is 5.25 Å². The molecule has 0 fully saturated rings. The van der Waals surface area contributed by atoms with E-state index in [1.807, 2.05) is 13.8 Å². The van der Waals surface area contributed by atoms with Gasteiger partial charge in [-0.1, -0.05) is 34.6 Å².